The fourth-order valence-corrected chi connectivity index (χ4v) is 4.91. The number of anilines is 1. The lowest BCUT2D eigenvalue weighted by molar-refractivity contribution is -0.149. The molecule has 3 aromatic rings. The van der Waals surface area contributed by atoms with E-state index < -0.39 is 18.7 Å². The Balaban J connectivity index is 1.75. The van der Waals surface area contributed by atoms with Crippen molar-refractivity contribution >= 4 is 17.3 Å². The van der Waals surface area contributed by atoms with Crippen LogP contribution in [0.4, 0.5) is 19.0 Å². The molecule has 1 unspecified atom stereocenters. The van der Waals surface area contributed by atoms with Crippen LogP contribution in [-0.4, -0.2) is 70.2 Å². The van der Waals surface area contributed by atoms with Crippen LogP contribution < -0.4 is 5.73 Å². The van der Waals surface area contributed by atoms with Gasteiger partial charge in [0.1, 0.15) is 5.82 Å². The molecule has 36 heavy (non-hydrogen) atoms. The second-order valence-electron chi connectivity index (χ2n) is 9.58. The Morgan fingerprint density at radius 1 is 1.14 bits per heavy atom. The van der Waals surface area contributed by atoms with Crippen LogP contribution in [0.25, 0.3) is 16.6 Å². The second-order valence-corrected chi connectivity index (χ2v) is 9.58. The third-order valence-electron chi connectivity index (χ3n) is 6.67. The summed E-state index contributed by atoms with van der Waals surface area (Å²) in [4.78, 5) is 20.9. The number of alkyl halides is 3. The quantitative estimate of drug-likeness (QED) is 0.492. The van der Waals surface area contributed by atoms with Crippen LogP contribution >= 0.6 is 0 Å². The van der Waals surface area contributed by atoms with Crippen molar-refractivity contribution in [2.45, 2.75) is 46.0 Å². The first-order valence-corrected chi connectivity index (χ1v) is 12.0. The molecule has 7 nitrogen and oxygen atoms in total. The van der Waals surface area contributed by atoms with Crippen molar-refractivity contribution in [2.24, 2.45) is 0 Å². The molecular weight excluding hydrogens is 471 g/mol. The average Bonchev–Trinajstić information content (AvgIpc) is 3.21. The molecule has 1 aliphatic heterocycles. The molecule has 0 bridgehead atoms. The number of nitrogen functional groups attached to an aromatic ring is 1. The fraction of sp³-hybridized carbons (Fsp3) is 0.462. The van der Waals surface area contributed by atoms with E-state index in [4.69, 9.17) is 10.5 Å². The highest BCUT2D eigenvalue weighted by atomic mass is 19.4. The third-order valence-corrected chi connectivity index (χ3v) is 6.67. The number of fused-ring (bicyclic) bond motifs is 1. The van der Waals surface area contributed by atoms with E-state index in [1.807, 2.05) is 38.2 Å². The first kappa shape index (κ1) is 26.0. The van der Waals surface area contributed by atoms with Crippen molar-refractivity contribution < 1.29 is 22.7 Å². The third kappa shape index (κ3) is 5.49. The largest absolute Gasteiger partial charge is 0.459 e. The number of hydrogen-bond acceptors (Lipinski definition) is 6. The number of pyridine rings is 2. The normalized spacial score (nSPS) is 16.6. The van der Waals surface area contributed by atoms with Crippen molar-refractivity contribution in [3.8, 4) is 11.1 Å². The number of nitrogens with two attached hydrogens (primary N) is 1. The number of rotatable bonds is 6. The standard InChI is InChI=1S/C26H32F3N5O2/c1-16(2)36-25(35)21-13-22-20(19-5-6-23(30)31-14-19)7-8-34(22)24(17(21)3)18(4)33-11-9-32(10-12-33)15-26(27,28)29/h5-8,13-14,16,18H,9-12,15H2,1-4H3,(H2,30,31). The summed E-state index contributed by atoms with van der Waals surface area (Å²) in [5, 5.41) is 0. The van der Waals surface area contributed by atoms with Gasteiger partial charge in [-0.3, -0.25) is 9.80 Å². The van der Waals surface area contributed by atoms with Gasteiger partial charge in [-0.25, -0.2) is 9.78 Å². The number of nitrogens with zero attached hydrogens (tertiary/aromatic N) is 4. The first-order valence-electron chi connectivity index (χ1n) is 12.0. The van der Waals surface area contributed by atoms with Crippen molar-refractivity contribution in [2.75, 3.05) is 38.5 Å². The molecule has 1 fully saturated rings. The topological polar surface area (TPSA) is 76.1 Å². The summed E-state index contributed by atoms with van der Waals surface area (Å²) in [6.45, 7) is 8.28. The van der Waals surface area contributed by atoms with Gasteiger partial charge in [-0.05, 0) is 57.5 Å². The van der Waals surface area contributed by atoms with Crippen molar-refractivity contribution in [3.05, 3.63) is 53.5 Å². The molecule has 4 rings (SSSR count). The lowest BCUT2D eigenvalue weighted by Gasteiger charge is -2.39. The minimum Gasteiger partial charge on any atom is -0.459 e. The van der Waals surface area contributed by atoms with Crippen LogP contribution in [0.2, 0.25) is 0 Å². The predicted molar refractivity (Wildman–Crippen MR) is 133 cm³/mol. The SMILES string of the molecule is Cc1c(C(=O)OC(C)C)cc2c(-c3ccc(N)nc3)ccn2c1C(C)N1CCN(CC(F)(F)F)CC1. The van der Waals surface area contributed by atoms with E-state index in [0.29, 0.717) is 37.6 Å². The van der Waals surface area contributed by atoms with Gasteiger partial charge in [-0.1, -0.05) is 0 Å². The Labute approximate surface area is 208 Å². The minimum absolute atomic E-state index is 0.142. The summed E-state index contributed by atoms with van der Waals surface area (Å²) >= 11 is 0. The monoisotopic (exact) mass is 503 g/mol. The molecule has 1 saturated heterocycles. The van der Waals surface area contributed by atoms with E-state index in [0.717, 1.165) is 27.9 Å². The fourth-order valence-electron chi connectivity index (χ4n) is 4.91. The maximum Gasteiger partial charge on any atom is 0.401 e. The molecule has 194 valence electrons. The van der Waals surface area contributed by atoms with Crippen LogP contribution in [-0.2, 0) is 4.74 Å². The molecule has 1 atom stereocenters. The van der Waals surface area contributed by atoms with E-state index in [1.165, 1.54) is 4.90 Å². The van der Waals surface area contributed by atoms with Crippen molar-refractivity contribution in [1.29, 1.82) is 0 Å². The maximum absolute atomic E-state index is 13.1. The number of halogens is 3. The van der Waals surface area contributed by atoms with Crippen LogP contribution in [0.3, 0.4) is 0 Å². The highest BCUT2D eigenvalue weighted by Crippen LogP contribution is 2.34. The van der Waals surface area contributed by atoms with Gasteiger partial charge < -0.3 is 14.9 Å². The van der Waals surface area contributed by atoms with Gasteiger partial charge in [0.15, 0.2) is 0 Å². The zero-order valence-electron chi connectivity index (χ0n) is 21.0. The Bertz CT molecular complexity index is 1230. The van der Waals surface area contributed by atoms with Gasteiger partial charge in [0, 0.05) is 61.4 Å². The summed E-state index contributed by atoms with van der Waals surface area (Å²) in [7, 11) is 0. The van der Waals surface area contributed by atoms with Crippen molar-refractivity contribution in [1.82, 2.24) is 19.2 Å². The number of aromatic nitrogens is 2. The summed E-state index contributed by atoms with van der Waals surface area (Å²) in [6.07, 6.45) is -0.833. The number of esters is 1. The summed E-state index contributed by atoms with van der Waals surface area (Å²) < 4.78 is 46.1. The molecule has 3 aromatic heterocycles. The van der Waals surface area contributed by atoms with Gasteiger partial charge in [-0.15, -0.1) is 0 Å². The Morgan fingerprint density at radius 3 is 2.42 bits per heavy atom. The molecular formula is C26H32F3N5O2. The molecule has 4 heterocycles. The Kier molecular flexibility index (Phi) is 7.28. The Morgan fingerprint density at radius 2 is 1.83 bits per heavy atom. The number of piperazine rings is 1. The van der Waals surface area contributed by atoms with Gasteiger partial charge >= 0.3 is 12.1 Å². The molecule has 2 N–H and O–H groups in total. The van der Waals surface area contributed by atoms with Gasteiger partial charge in [0.25, 0.3) is 0 Å². The van der Waals surface area contributed by atoms with Gasteiger partial charge in [0.2, 0.25) is 0 Å². The summed E-state index contributed by atoms with van der Waals surface area (Å²) in [5.74, 6) is 0.00862. The molecule has 0 aromatic carbocycles. The van der Waals surface area contributed by atoms with Crippen LogP contribution in [0.15, 0.2) is 36.7 Å². The number of carbonyl (C=O) groups excluding carboxylic acids is 1. The highest BCUT2D eigenvalue weighted by Gasteiger charge is 2.34. The number of carbonyl (C=O) groups is 1. The molecule has 0 aliphatic carbocycles. The van der Waals surface area contributed by atoms with E-state index in [1.54, 1.807) is 26.1 Å². The molecule has 0 amide bonds. The average molecular weight is 504 g/mol. The summed E-state index contributed by atoms with van der Waals surface area (Å²) in [6, 6.07) is 7.27. The van der Waals surface area contributed by atoms with Gasteiger partial charge in [0.05, 0.1) is 23.7 Å². The van der Waals surface area contributed by atoms with Crippen molar-refractivity contribution in [3.63, 3.8) is 0 Å². The Hall–Kier alpha value is -3.11. The molecule has 1 aliphatic rings. The van der Waals surface area contributed by atoms with Crippen LogP contribution in [0, 0.1) is 6.92 Å². The van der Waals surface area contributed by atoms with Crippen LogP contribution in [0.5, 0.6) is 0 Å². The van der Waals surface area contributed by atoms with Gasteiger partial charge in [-0.2, -0.15) is 13.2 Å². The lowest BCUT2D eigenvalue weighted by atomic mass is 9.99. The molecule has 0 spiro atoms. The van der Waals surface area contributed by atoms with E-state index in [9.17, 15) is 18.0 Å². The molecule has 10 heteroatoms. The molecule has 0 radical (unpaired) electrons. The van der Waals surface area contributed by atoms with E-state index in [2.05, 4.69) is 14.3 Å². The van der Waals surface area contributed by atoms with E-state index >= 15 is 0 Å². The number of ether oxygens (including phenoxy) is 1. The minimum atomic E-state index is -4.21. The second kappa shape index (κ2) is 10.1. The van der Waals surface area contributed by atoms with E-state index in [-0.39, 0.29) is 12.1 Å². The molecule has 0 saturated carbocycles. The smallest absolute Gasteiger partial charge is 0.401 e. The summed E-state index contributed by atoms with van der Waals surface area (Å²) in [5.41, 5.74) is 10.5. The lowest BCUT2D eigenvalue weighted by Crippen LogP contribution is -2.49. The predicted octanol–water partition coefficient (Wildman–Crippen LogP) is 4.70. The first-order chi connectivity index (χ1) is 16.9. The zero-order valence-corrected chi connectivity index (χ0v) is 21.0. The maximum atomic E-state index is 13.1. The van der Waals surface area contributed by atoms with Crippen LogP contribution in [0.1, 0.15) is 48.4 Å². The highest BCUT2D eigenvalue weighted by molar-refractivity contribution is 5.95. The zero-order chi connectivity index (χ0) is 26.2. The number of hydrogen-bond donors (Lipinski definition) is 1.